The van der Waals surface area contributed by atoms with Gasteiger partial charge in [0.1, 0.15) is 5.75 Å². The Labute approximate surface area is 158 Å². The predicted octanol–water partition coefficient (Wildman–Crippen LogP) is 2.81. The quantitative estimate of drug-likeness (QED) is 0.885. The van der Waals surface area contributed by atoms with Crippen LogP contribution in [0, 0.1) is 17.2 Å². The highest BCUT2D eigenvalue weighted by Crippen LogP contribution is 2.20. The molecule has 1 aliphatic heterocycles. The van der Waals surface area contributed by atoms with E-state index in [2.05, 4.69) is 5.32 Å². The van der Waals surface area contributed by atoms with Crippen molar-refractivity contribution < 1.29 is 14.3 Å². The van der Waals surface area contributed by atoms with Crippen LogP contribution in [0.5, 0.6) is 5.75 Å². The zero-order chi connectivity index (χ0) is 19.1. The molecule has 0 unspecified atom stereocenters. The third-order valence-corrected chi connectivity index (χ3v) is 4.61. The van der Waals surface area contributed by atoms with Crippen LogP contribution in [0.25, 0.3) is 0 Å². The summed E-state index contributed by atoms with van der Waals surface area (Å²) < 4.78 is 5.49. The molecule has 1 fully saturated rings. The van der Waals surface area contributed by atoms with Crippen LogP contribution in [0.1, 0.15) is 18.4 Å². The lowest BCUT2D eigenvalue weighted by molar-refractivity contribution is -0.136. The first-order valence-electron chi connectivity index (χ1n) is 8.92. The number of hydrogen-bond donors (Lipinski definition) is 1. The van der Waals surface area contributed by atoms with Crippen molar-refractivity contribution in [3.63, 3.8) is 0 Å². The van der Waals surface area contributed by atoms with E-state index in [1.54, 1.807) is 29.2 Å². The molecule has 0 atom stereocenters. The molecule has 27 heavy (non-hydrogen) atoms. The van der Waals surface area contributed by atoms with Gasteiger partial charge in [0.25, 0.3) is 5.91 Å². The van der Waals surface area contributed by atoms with Gasteiger partial charge in [-0.05, 0) is 49.2 Å². The predicted molar refractivity (Wildman–Crippen MR) is 101 cm³/mol. The van der Waals surface area contributed by atoms with Crippen molar-refractivity contribution in [3.05, 3.63) is 60.2 Å². The number of piperidine rings is 1. The van der Waals surface area contributed by atoms with E-state index in [0.29, 0.717) is 37.2 Å². The number of nitrogens with zero attached hydrogens (tertiary/aromatic N) is 2. The van der Waals surface area contributed by atoms with E-state index in [0.717, 1.165) is 5.69 Å². The van der Waals surface area contributed by atoms with Gasteiger partial charge in [-0.1, -0.05) is 18.2 Å². The van der Waals surface area contributed by atoms with Crippen molar-refractivity contribution in [3.8, 4) is 11.8 Å². The molecule has 0 spiro atoms. The summed E-state index contributed by atoms with van der Waals surface area (Å²) in [4.78, 5) is 26.4. The summed E-state index contributed by atoms with van der Waals surface area (Å²) in [5.74, 6) is 0.372. The number of ether oxygens (including phenoxy) is 1. The van der Waals surface area contributed by atoms with Gasteiger partial charge in [-0.3, -0.25) is 9.59 Å². The van der Waals surface area contributed by atoms with Crippen LogP contribution in [0.2, 0.25) is 0 Å². The molecule has 2 amide bonds. The minimum absolute atomic E-state index is 0.00197. The van der Waals surface area contributed by atoms with Gasteiger partial charge < -0.3 is 15.0 Å². The number of hydrogen-bond acceptors (Lipinski definition) is 4. The fourth-order valence-electron chi connectivity index (χ4n) is 3.02. The Bertz CT molecular complexity index is 820. The maximum Gasteiger partial charge on any atom is 0.260 e. The van der Waals surface area contributed by atoms with Crippen molar-refractivity contribution in [1.82, 2.24) is 4.90 Å². The number of carbonyl (C=O) groups is 2. The summed E-state index contributed by atoms with van der Waals surface area (Å²) in [6, 6.07) is 18.1. The smallest absolute Gasteiger partial charge is 0.260 e. The fraction of sp³-hybridized carbons (Fsp3) is 0.286. The highest BCUT2D eigenvalue weighted by Gasteiger charge is 2.27. The van der Waals surface area contributed by atoms with Crippen molar-refractivity contribution in [2.75, 3.05) is 25.0 Å². The minimum atomic E-state index is -0.0960. The number of anilines is 1. The minimum Gasteiger partial charge on any atom is -0.484 e. The Morgan fingerprint density at radius 3 is 2.37 bits per heavy atom. The van der Waals surface area contributed by atoms with Crippen LogP contribution in [0.3, 0.4) is 0 Å². The number of rotatable bonds is 5. The molecule has 1 aliphatic rings. The first kappa shape index (κ1) is 18.5. The van der Waals surface area contributed by atoms with Gasteiger partial charge in [0, 0.05) is 24.7 Å². The molecule has 0 aliphatic carbocycles. The molecule has 3 rings (SSSR count). The molecule has 6 nitrogen and oxygen atoms in total. The number of amides is 2. The number of para-hydroxylation sites is 1. The Balaban J connectivity index is 1.43. The second kappa shape index (κ2) is 8.86. The lowest BCUT2D eigenvalue weighted by atomic mass is 9.95. The molecule has 1 N–H and O–H groups in total. The first-order valence-corrected chi connectivity index (χ1v) is 8.92. The molecule has 2 aromatic carbocycles. The van der Waals surface area contributed by atoms with Crippen molar-refractivity contribution in [2.45, 2.75) is 12.8 Å². The van der Waals surface area contributed by atoms with Crippen molar-refractivity contribution in [1.29, 1.82) is 5.26 Å². The van der Waals surface area contributed by atoms with E-state index in [9.17, 15) is 9.59 Å². The normalized spacial score (nSPS) is 14.3. The SMILES string of the molecule is N#Cc1ccc(OCC(=O)N2CCC(C(=O)Nc3ccccc3)CC2)cc1. The van der Waals surface area contributed by atoms with E-state index >= 15 is 0 Å². The molecule has 6 heteroatoms. The van der Waals surface area contributed by atoms with Gasteiger partial charge in [0.05, 0.1) is 11.6 Å². The average molecular weight is 363 g/mol. The fourth-order valence-corrected chi connectivity index (χ4v) is 3.02. The molecular weight excluding hydrogens is 342 g/mol. The maximum atomic E-state index is 12.3. The van der Waals surface area contributed by atoms with Gasteiger partial charge >= 0.3 is 0 Å². The molecule has 2 aromatic rings. The third kappa shape index (κ3) is 5.08. The third-order valence-electron chi connectivity index (χ3n) is 4.61. The van der Waals surface area contributed by atoms with Gasteiger partial charge in [-0.2, -0.15) is 5.26 Å². The van der Waals surface area contributed by atoms with Crippen LogP contribution in [0.4, 0.5) is 5.69 Å². The van der Waals surface area contributed by atoms with Crippen LogP contribution in [0.15, 0.2) is 54.6 Å². The largest absolute Gasteiger partial charge is 0.484 e. The Morgan fingerprint density at radius 1 is 1.07 bits per heavy atom. The lowest BCUT2D eigenvalue weighted by Gasteiger charge is -2.31. The molecule has 0 bridgehead atoms. The van der Waals surface area contributed by atoms with Gasteiger partial charge in [-0.15, -0.1) is 0 Å². The number of carbonyl (C=O) groups excluding carboxylic acids is 2. The topological polar surface area (TPSA) is 82.4 Å². The standard InChI is InChI=1S/C21H21N3O3/c22-14-16-6-8-19(9-7-16)27-15-20(25)24-12-10-17(11-13-24)21(26)23-18-4-2-1-3-5-18/h1-9,17H,10-13,15H2,(H,23,26). The summed E-state index contributed by atoms with van der Waals surface area (Å²) in [5.41, 5.74) is 1.33. The highest BCUT2D eigenvalue weighted by atomic mass is 16.5. The maximum absolute atomic E-state index is 12.3. The van der Waals surface area contributed by atoms with E-state index in [-0.39, 0.29) is 24.3 Å². The van der Waals surface area contributed by atoms with E-state index in [4.69, 9.17) is 10.00 Å². The van der Waals surface area contributed by atoms with Crippen LogP contribution < -0.4 is 10.1 Å². The average Bonchev–Trinajstić information content (AvgIpc) is 2.73. The molecule has 1 heterocycles. The number of nitriles is 1. The van der Waals surface area contributed by atoms with Crippen LogP contribution >= 0.6 is 0 Å². The van der Waals surface area contributed by atoms with Crippen molar-refractivity contribution in [2.24, 2.45) is 5.92 Å². The number of benzene rings is 2. The zero-order valence-corrected chi connectivity index (χ0v) is 14.9. The molecule has 0 radical (unpaired) electrons. The molecular formula is C21H21N3O3. The van der Waals surface area contributed by atoms with E-state index < -0.39 is 0 Å². The second-order valence-electron chi connectivity index (χ2n) is 6.44. The highest BCUT2D eigenvalue weighted by molar-refractivity contribution is 5.92. The van der Waals surface area contributed by atoms with Gasteiger partial charge in [-0.25, -0.2) is 0 Å². The summed E-state index contributed by atoms with van der Waals surface area (Å²) >= 11 is 0. The summed E-state index contributed by atoms with van der Waals surface area (Å²) in [6.45, 7) is 1.04. The summed E-state index contributed by atoms with van der Waals surface area (Å²) in [5, 5.41) is 11.7. The second-order valence-corrected chi connectivity index (χ2v) is 6.44. The zero-order valence-electron chi connectivity index (χ0n) is 14.9. The Hall–Kier alpha value is -3.33. The van der Waals surface area contributed by atoms with Gasteiger partial charge in [0.2, 0.25) is 5.91 Å². The first-order chi connectivity index (χ1) is 13.2. The van der Waals surface area contributed by atoms with E-state index in [1.807, 2.05) is 36.4 Å². The van der Waals surface area contributed by atoms with Crippen molar-refractivity contribution >= 4 is 17.5 Å². The van der Waals surface area contributed by atoms with Crippen LogP contribution in [-0.4, -0.2) is 36.4 Å². The number of nitrogens with one attached hydrogen (secondary N) is 1. The Kier molecular flexibility index (Phi) is 6.06. The van der Waals surface area contributed by atoms with Crippen LogP contribution in [-0.2, 0) is 9.59 Å². The lowest BCUT2D eigenvalue weighted by Crippen LogP contribution is -2.43. The molecule has 138 valence electrons. The molecule has 0 saturated carbocycles. The summed E-state index contributed by atoms with van der Waals surface area (Å²) in [6.07, 6.45) is 1.28. The molecule has 1 saturated heterocycles. The summed E-state index contributed by atoms with van der Waals surface area (Å²) in [7, 11) is 0. The monoisotopic (exact) mass is 363 g/mol. The van der Waals surface area contributed by atoms with Gasteiger partial charge in [0.15, 0.2) is 6.61 Å². The van der Waals surface area contributed by atoms with E-state index in [1.165, 1.54) is 0 Å². The Morgan fingerprint density at radius 2 is 1.74 bits per heavy atom. The number of likely N-dealkylation sites (tertiary alicyclic amines) is 1. The molecule has 0 aromatic heterocycles.